The number of phenolic OH excluding ortho intramolecular Hbond substituents is 2. The summed E-state index contributed by atoms with van der Waals surface area (Å²) in [5, 5.41) is 20.5. The second-order valence-electron chi connectivity index (χ2n) is 5.28. The fourth-order valence-electron chi connectivity index (χ4n) is 2.52. The lowest BCUT2D eigenvalue weighted by Crippen LogP contribution is -1.90. The maximum Gasteiger partial charge on any atom is 0.127 e. The van der Waals surface area contributed by atoms with Gasteiger partial charge in [0.05, 0.1) is 5.56 Å². The van der Waals surface area contributed by atoms with E-state index in [4.69, 9.17) is 0 Å². The van der Waals surface area contributed by atoms with Gasteiger partial charge >= 0.3 is 0 Å². The van der Waals surface area contributed by atoms with Gasteiger partial charge in [-0.3, -0.25) is 0 Å². The first kappa shape index (κ1) is 14.4. The number of aromatic hydroxyl groups is 2. The van der Waals surface area contributed by atoms with Crippen LogP contribution >= 0.6 is 0 Å². The van der Waals surface area contributed by atoms with Crippen LogP contribution in [0, 0.1) is 6.92 Å². The second-order valence-corrected chi connectivity index (χ2v) is 5.28. The van der Waals surface area contributed by atoms with Gasteiger partial charge in [0.2, 0.25) is 0 Å². The van der Waals surface area contributed by atoms with Crippen molar-refractivity contribution >= 4 is 0 Å². The van der Waals surface area contributed by atoms with Crippen LogP contribution in [0.2, 0.25) is 0 Å². The van der Waals surface area contributed by atoms with E-state index in [-0.39, 0.29) is 11.5 Å². The second kappa shape index (κ2) is 6.47. The summed E-state index contributed by atoms with van der Waals surface area (Å²) in [5.74, 6) is 0.316. The Balaban J connectivity index is 2.34. The summed E-state index contributed by atoms with van der Waals surface area (Å²) < 4.78 is 0. The smallest absolute Gasteiger partial charge is 0.127 e. The molecular weight excluding hydrogens is 248 g/mol. The highest BCUT2D eigenvalue weighted by molar-refractivity contribution is 5.78. The van der Waals surface area contributed by atoms with Crippen molar-refractivity contribution in [3.63, 3.8) is 0 Å². The van der Waals surface area contributed by atoms with Crippen LogP contribution in [-0.2, 0) is 6.42 Å². The number of benzene rings is 2. The van der Waals surface area contributed by atoms with E-state index in [9.17, 15) is 10.2 Å². The molecule has 0 fully saturated rings. The van der Waals surface area contributed by atoms with Gasteiger partial charge in [-0.1, -0.05) is 44.0 Å². The van der Waals surface area contributed by atoms with Crippen LogP contribution in [0.15, 0.2) is 36.4 Å². The minimum Gasteiger partial charge on any atom is -0.507 e. The molecule has 0 aliphatic rings. The van der Waals surface area contributed by atoms with Crippen molar-refractivity contribution in [1.82, 2.24) is 0 Å². The highest BCUT2D eigenvalue weighted by Crippen LogP contribution is 2.39. The van der Waals surface area contributed by atoms with E-state index in [1.807, 2.05) is 31.2 Å². The van der Waals surface area contributed by atoms with Gasteiger partial charge < -0.3 is 10.2 Å². The predicted molar refractivity (Wildman–Crippen MR) is 83.2 cm³/mol. The molecule has 0 spiro atoms. The summed E-state index contributed by atoms with van der Waals surface area (Å²) in [6, 6.07) is 11.3. The minimum atomic E-state index is 0.158. The van der Waals surface area contributed by atoms with Crippen LogP contribution in [0.5, 0.6) is 11.5 Å². The lowest BCUT2D eigenvalue weighted by atomic mass is 9.96. The lowest BCUT2D eigenvalue weighted by Gasteiger charge is -2.12. The fourth-order valence-corrected chi connectivity index (χ4v) is 2.52. The van der Waals surface area contributed by atoms with Crippen molar-refractivity contribution in [2.45, 2.75) is 39.5 Å². The third-order valence-corrected chi connectivity index (χ3v) is 3.64. The highest BCUT2D eigenvalue weighted by Gasteiger charge is 2.13. The zero-order valence-electron chi connectivity index (χ0n) is 12.2. The van der Waals surface area contributed by atoms with E-state index < -0.39 is 0 Å². The number of rotatable bonds is 5. The molecule has 0 aliphatic heterocycles. The summed E-state index contributed by atoms with van der Waals surface area (Å²) in [6.45, 7) is 4.14. The molecule has 0 heterocycles. The van der Waals surface area contributed by atoms with E-state index >= 15 is 0 Å². The molecule has 0 atom stereocenters. The van der Waals surface area contributed by atoms with Crippen LogP contribution in [-0.4, -0.2) is 10.2 Å². The van der Waals surface area contributed by atoms with Crippen LogP contribution in [0.4, 0.5) is 0 Å². The molecular formula is C18H22O2. The van der Waals surface area contributed by atoms with E-state index in [2.05, 4.69) is 6.92 Å². The Bertz CT molecular complexity index is 565. The minimum absolute atomic E-state index is 0.158. The van der Waals surface area contributed by atoms with Crippen molar-refractivity contribution < 1.29 is 10.2 Å². The van der Waals surface area contributed by atoms with E-state index in [0.29, 0.717) is 5.56 Å². The highest BCUT2D eigenvalue weighted by atomic mass is 16.3. The molecule has 0 amide bonds. The molecule has 0 saturated heterocycles. The van der Waals surface area contributed by atoms with Gasteiger partial charge in [-0.05, 0) is 48.6 Å². The Labute approximate surface area is 120 Å². The normalized spacial score (nSPS) is 10.7. The summed E-state index contributed by atoms with van der Waals surface area (Å²) in [5.41, 5.74) is 3.44. The lowest BCUT2D eigenvalue weighted by molar-refractivity contribution is 0.452. The Morgan fingerprint density at radius 2 is 1.60 bits per heavy atom. The van der Waals surface area contributed by atoms with E-state index in [1.54, 1.807) is 12.1 Å². The van der Waals surface area contributed by atoms with Gasteiger partial charge in [0.25, 0.3) is 0 Å². The molecule has 0 radical (unpaired) electrons. The van der Waals surface area contributed by atoms with Crippen molar-refractivity contribution in [3.8, 4) is 22.6 Å². The molecule has 2 aromatic carbocycles. The van der Waals surface area contributed by atoms with Crippen LogP contribution in [0.1, 0.15) is 37.3 Å². The third-order valence-electron chi connectivity index (χ3n) is 3.64. The Morgan fingerprint density at radius 3 is 2.20 bits per heavy atom. The molecule has 0 bridgehead atoms. The number of hydrogen-bond donors (Lipinski definition) is 2. The van der Waals surface area contributed by atoms with Gasteiger partial charge in [-0.2, -0.15) is 0 Å². The number of aryl methyl sites for hydroxylation is 2. The molecule has 2 rings (SSSR count). The number of unbranched alkanes of at least 4 members (excludes halogenated alkanes) is 2. The zero-order valence-corrected chi connectivity index (χ0v) is 12.2. The largest absolute Gasteiger partial charge is 0.507 e. The molecule has 0 aliphatic carbocycles. The summed E-state index contributed by atoms with van der Waals surface area (Å²) in [4.78, 5) is 0. The van der Waals surface area contributed by atoms with Crippen LogP contribution in [0.25, 0.3) is 11.1 Å². The summed E-state index contributed by atoms with van der Waals surface area (Å²) >= 11 is 0. The molecule has 20 heavy (non-hydrogen) atoms. The zero-order chi connectivity index (χ0) is 14.5. The first-order chi connectivity index (χ1) is 9.63. The van der Waals surface area contributed by atoms with Crippen molar-refractivity contribution in [2.24, 2.45) is 0 Å². The standard InChI is InChI=1S/C18H22O2/c1-3-4-5-9-14-11-16(19)18(17(20)12-14)15-10-7-6-8-13(15)2/h6-8,10-12,19-20H,3-5,9H2,1-2H3. The Kier molecular flexibility index (Phi) is 4.67. The monoisotopic (exact) mass is 270 g/mol. The quantitative estimate of drug-likeness (QED) is 0.766. The average Bonchev–Trinajstić information content (AvgIpc) is 2.40. The number of phenols is 2. The molecule has 2 heteroatoms. The third kappa shape index (κ3) is 3.13. The van der Waals surface area contributed by atoms with Crippen LogP contribution in [0.3, 0.4) is 0 Å². The molecule has 2 nitrogen and oxygen atoms in total. The van der Waals surface area contributed by atoms with Gasteiger partial charge in [0, 0.05) is 0 Å². The Morgan fingerprint density at radius 1 is 0.950 bits per heavy atom. The summed E-state index contributed by atoms with van der Waals surface area (Å²) in [7, 11) is 0. The fraction of sp³-hybridized carbons (Fsp3) is 0.333. The van der Waals surface area contributed by atoms with Gasteiger partial charge in [0.15, 0.2) is 0 Å². The average molecular weight is 270 g/mol. The molecule has 0 aromatic heterocycles. The first-order valence-corrected chi connectivity index (χ1v) is 7.24. The van der Waals surface area contributed by atoms with Gasteiger partial charge in [0.1, 0.15) is 11.5 Å². The molecule has 106 valence electrons. The van der Waals surface area contributed by atoms with Gasteiger partial charge in [-0.15, -0.1) is 0 Å². The first-order valence-electron chi connectivity index (χ1n) is 7.24. The predicted octanol–water partition coefficient (Wildman–Crippen LogP) is 4.81. The molecule has 2 aromatic rings. The molecule has 2 N–H and O–H groups in total. The van der Waals surface area contributed by atoms with E-state index in [0.717, 1.165) is 29.5 Å². The Hall–Kier alpha value is -1.96. The summed E-state index contributed by atoms with van der Waals surface area (Å²) in [6.07, 6.45) is 4.31. The maximum absolute atomic E-state index is 10.2. The number of hydrogen-bond acceptors (Lipinski definition) is 2. The molecule has 0 unspecified atom stereocenters. The van der Waals surface area contributed by atoms with Crippen molar-refractivity contribution in [3.05, 3.63) is 47.5 Å². The van der Waals surface area contributed by atoms with E-state index in [1.165, 1.54) is 12.8 Å². The van der Waals surface area contributed by atoms with Crippen molar-refractivity contribution in [2.75, 3.05) is 0 Å². The SMILES string of the molecule is CCCCCc1cc(O)c(-c2ccccc2C)c(O)c1. The van der Waals surface area contributed by atoms with Gasteiger partial charge in [-0.25, -0.2) is 0 Å². The molecule has 0 saturated carbocycles. The topological polar surface area (TPSA) is 40.5 Å². The van der Waals surface area contributed by atoms with Crippen LogP contribution < -0.4 is 0 Å². The van der Waals surface area contributed by atoms with Crippen molar-refractivity contribution in [1.29, 1.82) is 0 Å². The maximum atomic E-state index is 10.2.